The Kier molecular flexibility index (Phi) is 3.84. The number of hydrogen-bond acceptors (Lipinski definition) is 4. The molecule has 5 nitrogen and oxygen atoms in total. The Morgan fingerprint density at radius 2 is 2.27 bits per heavy atom. The molecular weight excluding hydrogens is 166 g/mol. The van der Waals surface area contributed by atoms with Gasteiger partial charge in [0.1, 0.15) is 6.33 Å². The van der Waals surface area contributed by atoms with Gasteiger partial charge in [-0.05, 0) is 13.8 Å². The van der Waals surface area contributed by atoms with Crippen LogP contribution in [-0.2, 0) is 0 Å². The van der Waals surface area contributed by atoms with Gasteiger partial charge < -0.3 is 0 Å². The van der Waals surface area contributed by atoms with Crippen molar-refractivity contribution in [2.75, 3.05) is 5.43 Å². The van der Waals surface area contributed by atoms with Crippen molar-refractivity contribution in [1.82, 2.24) is 14.8 Å². The van der Waals surface area contributed by atoms with Crippen LogP contribution in [0.25, 0.3) is 0 Å². The van der Waals surface area contributed by atoms with Crippen molar-refractivity contribution < 1.29 is 0 Å². The summed E-state index contributed by atoms with van der Waals surface area (Å²) in [5, 5.41) is 3.95. The summed E-state index contributed by atoms with van der Waals surface area (Å²) >= 11 is 0. The second-order valence-corrected chi connectivity index (χ2v) is 2.27. The third-order valence-corrected chi connectivity index (χ3v) is 1.19. The number of hydrogen-bond donors (Lipinski definition) is 2. The van der Waals surface area contributed by atoms with Crippen LogP contribution in [0, 0.1) is 0 Å². The monoisotopic (exact) mass is 177 g/mol. The van der Waals surface area contributed by atoms with Crippen LogP contribution in [0.5, 0.6) is 0 Å². The molecule has 11 heavy (non-hydrogen) atoms. The fraction of sp³-hybridized carbons (Fsp3) is 0.600. The first-order valence-electron chi connectivity index (χ1n) is 3.12. The minimum Gasteiger partial charge on any atom is -0.293 e. The molecule has 1 rings (SSSR count). The Morgan fingerprint density at radius 1 is 1.64 bits per heavy atom. The Hall–Kier alpha value is -0.810. The van der Waals surface area contributed by atoms with E-state index in [1.165, 1.54) is 6.33 Å². The Labute approximate surface area is 71.4 Å². The highest BCUT2D eigenvalue weighted by molar-refractivity contribution is 5.85. The van der Waals surface area contributed by atoms with Crippen LogP contribution in [0.2, 0.25) is 0 Å². The number of nitrogens with one attached hydrogen (secondary N) is 1. The Bertz CT molecular complexity index is 208. The molecule has 0 aliphatic rings. The summed E-state index contributed by atoms with van der Waals surface area (Å²) in [6.45, 7) is 4.02. The van der Waals surface area contributed by atoms with E-state index < -0.39 is 0 Å². The number of halogens is 1. The number of hydrazine groups is 1. The van der Waals surface area contributed by atoms with Crippen LogP contribution in [0.4, 0.5) is 5.95 Å². The summed E-state index contributed by atoms with van der Waals surface area (Å²) in [6.07, 6.45) is 1.47. The molecular formula is C5H12ClN5. The molecule has 6 heteroatoms. The van der Waals surface area contributed by atoms with E-state index in [0.717, 1.165) is 0 Å². The van der Waals surface area contributed by atoms with Gasteiger partial charge in [0.05, 0.1) is 6.04 Å². The zero-order valence-corrected chi connectivity index (χ0v) is 7.30. The van der Waals surface area contributed by atoms with E-state index in [4.69, 9.17) is 5.84 Å². The fourth-order valence-corrected chi connectivity index (χ4v) is 0.731. The van der Waals surface area contributed by atoms with E-state index in [-0.39, 0.29) is 18.4 Å². The lowest BCUT2D eigenvalue weighted by Gasteiger charge is -2.06. The molecule has 0 saturated heterocycles. The van der Waals surface area contributed by atoms with Gasteiger partial charge in [-0.25, -0.2) is 10.5 Å². The molecule has 0 atom stereocenters. The summed E-state index contributed by atoms with van der Waals surface area (Å²) in [4.78, 5) is 3.87. The molecule has 0 saturated carbocycles. The maximum Gasteiger partial charge on any atom is 0.235 e. The normalized spacial score (nSPS) is 9.45. The summed E-state index contributed by atoms with van der Waals surface area (Å²) in [5.41, 5.74) is 2.45. The molecule has 0 amide bonds. The number of anilines is 1. The number of nitrogen functional groups attached to an aromatic ring is 1. The van der Waals surface area contributed by atoms with Crippen molar-refractivity contribution in [2.24, 2.45) is 5.84 Å². The van der Waals surface area contributed by atoms with Crippen LogP contribution in [-0.4, -0.2) is 14.8 Å². The minimum atomic E-state index is 0. The van der Waals surface area contributed by atoms with E-state index in [9.17, 15) is 0 Å². The SMILES string of the molecule is CC(C)n1ncnc1NN.Cl. The van der Waals surface area contributed by atoms with Gasteiger partial charge in [-0.1, -0.05) is 0 Å². The maximum absolute atomic E-state index is 5.16. The van der Waals surface area contributed by atoms with Crippen LogP contribution >= 0.6 is 12.4 Å². The molecule has 3 N–H and O–H groups in total. The van der Waals surface area contributed by atoms with E-state index in [0.29, 0.717) is 5.95 Å². The first-order chi connectivity index (χ1) is 4.75. The van der Waals surface area contributed by atoms with Crippen molar-refractivity contribution in [3.8, 4) is 0 Å². The zero-order chi connectivity index (χ0) is 7.56. The highest BCUT2D eigenvalue weighted by Crippen LogP contribution is 2.07. The quantitative estimate of drug-likeness (QED) is 0.512. The molecule has 0 aliphatic heterocycles. The molecule has 0 fully saturated rings. The molecule has 0 aliphatic carbocycles. The summed E-state index contributed by atoms with van der Waals surface area (Å²) in [7, 11) is 0. The lowest BCUT2D eigenvalue weighted by molar-refractivity contribution is 0.537. The standard InChI is InChI=1S/C5H11N5.ClH/c1-4(2)10-5(9-6)7-3-8-10;/h3-4H,6H2,1-2H3,(H,7,8,9);1H. The lowest BCUT2D eigenvalue weighted by Crippen LogP contribution is -2.15. The molecule has 0 spiro atoms. The van der Waals surface area contributed by atoms with E-state index >= 15 is 0 Å². The molecule has 0 bridgehead atoms. The Morgan fingerprint density at radius 3 is 2.64 bits per heavy atom. The average molecular weight is 178 g/mol. The van der Waals surface area contributed by atoms with Gasteiger partial charge in [0.25, 0.3) is 0 Å². The molecule has 1 aromatic heterocycles. The third kappa shape index (κ3) is 2.06. The van der Waals surface area contributed by atoms with E-state index in [1.54, 1.807) is 4.68 Å². The van der Waals surface area contributed by atoms with Crippen LogP contribution < -0.4 is 11.3 Å². The Balaban J connectivity index is 0.000001000. The van der Waals surface area contributed by atoms with E-state index in [1.807, 2.05) is 13.8 Å². The van der Waals surface area contributed by atoms with Crippen LogP contribution in [0.15, 0.2) is 6.33 Å². The second-order valence-electron chi connectivity index (χ2n) is 2.27. The zero-order valence-electron chi connectivity index (χ0n) is 6.48. The number of rotatable bonds is 2. The summed E-state index contributed by atoms with van der Waals surface area (Å²) in [6, 6.07) is 0.286. The molecule has 0 radical (unpaired) electrons. The van der Waals surface area contributed by atoms with Gasteiger partial charge >= 0.3 is 0 Å². The van der Waals surface area contributed by atoms with Gasteiger partial charge in [-0.15, -0.1) is 12.4 Å². The summed E-state index contributed by atoms with van der Waals surface area (Å²) in [5.74, 6) is 5.75. The first kappa shape index (κ1) is 10.2. The first-order valence-corrected chi connectivity index (χ1v) is 3.12. The highest BCUT2D eigenvalue weighted by Gasteiger charge is 2.03. The van der Waals surface area contributed by atoms with Crippen molar-refractivity contribution >= 4 is 18.4 Å². The lowest BCUT2D eigenvalue weighted by atomic mass is 10.4. The van der Waals surface area contributed by atoms with Gasteiger partial charge in [-0.2, -0.15) is 10.1 Å². The molecule has 0 aromatic carbocycles. The maximum atomic E-state index is 5.16. The van der Waals surface area contributed by atoms with E-state index in [2.05, 4.69) is 15.5 Å². The van der Waals surface area contributed by atoms with Gasteiger partial charge in [0.2, 0.25) is 5.95 Å². The molecule has 0 unspecified atom stereocenters. The highest BCUT2D eigenvalue weighted by atomic mass is 35.5. The molecule has 64 valence electrons. The fourth-order valence-electron chi connectivity index (χ4n) is 0.731. The summed E-state index contributed by atoms with van der Waals surface area (Å²) < 4.78 is 1.71. The predicted octanol–water partition coefficient (Wildman–Crippen LogP) is 0.566. The smallest absolute Gasteiger partial charge is 0.235 e. The van der Waals surface area contributed by atoms with Gasteiger partial charge in [-0.3, -0.25) is 5.43 Å². The molecule has 1 heterocycles. The van der Waals surface area contributed by atoms with Gasteiger partial charge in [0.15, 0.2) is 0 Å². The van der Waals surface area contributed by atoms with Crippen LogP contribution in [0.3, 0.4) is 0 Å². The van der Waals surface area contributed by atoms with Crippen molar-refractivity contribution in [3.63, 3.8) is 0 Å². The number of aromatic nitrogens is 3. The predicted molar refractivity (Wildman–Crippen MR) is 45.5 cm³/mol. The van der Waals surface area contributed by atoms with Crippen molar-refractivity contribution in [1.29, 1.82) is 0 Å². The third-order valence-electron chi connectivity index (χ3n) is 1.19. The molecule has 1 aromatic rings. The van der Waals surface area contributed by atoms with Crippen molar-refractivity contribution in [2.45, 2.75) is 19.9 Å². The number of nitrogens with two attached hydrogens (primary N) is 1. The van der Waals surface area contributed by atoms with Gasteiger partial charge in [0, 0.05) is 0 Å². The number of nitrogens with zero attached hydrogens (tertiary/aromatic N) is 3. The van der Waals surface area contributed by atoms with Crippen molar-refractivity contribution in [3.05, 3.63) is 6.33 Å². The average Bonchev–Trinajstić information content (AvgIpc) is 2.33. The largest absolute Gasteiger partial charge is 0.293 e. The topological polar surface area (TPSA) is 68.8 Å². The second kappa shape index (κ2) is 4.15. The van der Waals surface area contributed by atoms with Crippen LogP contribution in [0.1, 0.15) is 19.9 Å². The minimum absolute atomic E-state index is 0.